The van der Waals surface area contributed by atoms with Crippen LogP contribution in [0.1, 0.15) is 35.1 Å². The zero-order valence-electron chi connectivity index (χ0n) is 12.6. The Labute approximate surface area is 143 Å². The van der Waals surface area contributed by atoms with Crippen LogP contribution in [0.25, 0.3) is 0 Å². The molecule has 0 aromatic heterocycles. The van der Waals surface area contributed by atoms with Gasteiger partial charge in [-0.15, -0.1) is 0 Å². The minimum atomic E-state index is -4.33. The molecule has 2 aromatic carbocycles. The minimum Gasteiger partial charge on any atom is -0.378 e. The number of nitrogens with one attached hydrogen (secondary N) is 1. The van der Waals surface area contributed by atoms with E-state index in [1.54, 1.807) is 0 Å². The van der Waals surface area contributed by atoms with Crippen molar-refractivity contribution in [3.05, 3.63) is 76.3 Å². The summed E-state index contributed by atoms with van der Waals surface area (Å²) in [5, 5.41) is 4.09. The van der Waals surface area contributed by atoms with Crippen LogP contribution >= 0.6 is 11.6 Å². The van der Waals surface area contributed by atoms with Gasteiger partial charge in [0.15, 0.2) is 0 Å². The van der Waals surface area contributed by atoms with Gasteiger partial charge in [-0.2, -0.15) is 13.2 Å². The first-order valence-corrected chi connectivity index (χ1v) is 8.22. The molecule has 2 aliphatic rings. The van der Waals surface area contributed by atoms with Crippen molar-refractivity contribution in [3.8, 4) is 0 Å². The number of halogens is 4. The Morgan fingerprint density at radius 3 is 2.58 bits per heavy atom. The normalized spacial score (nSPS) is 25.1. The number of hydrogen-bond donors (Lipinski definition) is 1. The zero-order chi connectivity index (χ0) is 16.9. The summed E-state index contributed by atoms with van der Waals surface area (Å²) in [4.78, 5) is 0. The molecule has 24 heavy (non-hydrogen) atoms. The van der Waals surface area contributed by atoms with Crippen LogP contribution in [0.3, 0.4) is 0 Å². The Kier molecular flexibility index (Phi) is 3.61. The SMILES string of the molecule is FC(F)(F)c1ccc2c(c1)[C@@H]1C=CC[C@H]1[C@H](c1ccccc1Cl)N2. The van der Waals surface area contributed by atoms with Crippen LogP contribution < -0.4 is 5.32 Å². The summed E-state index contributed by atoms with van der Waals surface area (Å²) in [5.41, 5.74) is 1.86. The van der Waals surface area contributed by atoms with Crippen molar-refractivity contribution < 1.29 is 13.2 Å². The smallest absolute Gasteiger partial charge is 0.378 e. The minimum absolute atomic E-state index is 0.0112. The van der Waals surface area contributed by atoms with Crippen LogP contribution in [0.5, 0.6) is 0 Å². The standard InChI is InChI=1S/C19H15ClF3N/c20-16-7-2-1-4-14(16)18-13-6-3-5-12(13)15-10-11(19(21,22)23)8-9-17(15)24-18/h1-5,7-10,12-13,18,24H,6H2/t12-,13-,18-/m1/s1. The summed E-state index contributed by atoms with van der Waals surface area (Å²) < 4.78 is 39.1. The largest absolute Gasteiger partial charge is 0.416 e. The van der Waals surface area contributed by atoms with E-state index in [0.717, 1.165) is 23.7 Å². The molecule has 0 bridgehead atoms. The van der Waals surface area contributed by atoms with Crippen LogP contribution in [0, 0.1) is 5.92 Å². The van der Waals surface area contributed by atoms with E-state index in [0.29, 0.717) is 10.6 Å². The fourth-order valence-corrected chi connectivity index (χ4v) is 4.06. The molecule has 0 saturated heterocycles. The summed E-state index contributed by atoms with van der Waals surface area (Å²) in [6.07, 6.45) is 0.570. The van der Waals surface area contributed by atoms with Crippen molar-refractivity contribution in [1.82, 2.24) is 0 Å². The van der Waals surface area contributed by atoms with E-state index in [-0.39, 0.29) is 17.9 Å². The molecule has 0 fully saturated rings. The first-order valence-electron chi connectivity index (χ1n) is 7.84. The molecule has 1 nitrogen and oxygen atoms in total. The van der Waals surface area contributed by atoms with Gasteiger partial charge in [-0.05, 0) is 47.7 Å². The molecule has 0 saturated carbocycles. The zero-order valence-corrected chi connectivity index (χ0v) is 13.4. The van der Waals surface area contributed by atoms with Gasteiger partial charge < -0.3 is 5.32 Å². The third-order valence-electron chi connectivity index (χ3n) is 4.93. The molecule has 0 radical (unpaired) electrons. The number of alkyl halides is 3. The lowest BCUT2D eigenvalue weighted by atomic mass is 9.76. The molecule has 0 unspecified atom stereocenters. The highest BCUT2D eigenvalue weighted by Gasteiger charge is 2.40. The van der Waals surface area contributed by atoms with Crippen molar-refractivity contribution >= 4 is 17.3 Å². The molecular weight excluding hydrogens is 335 g/mol. The second kappa shape index (κ2) is 5.55. The molecule has 3 atom stereocenters. The molecule has 2 aromatic rings. The molecule has 1 N–H and O–H groups in total. The van der Waals surface area contributed by atoms with E-state index in [4.69, 9.17) is 11.6 Å². The van der Waals surface area contributed by atoms with Crippen LogP contribution in [0.15, 0.2) is 54.6 Å². The average molecular weight is 350 g/mol. The number of allylic oxidation sites excluding steroid dienone is 2. The average Bonchev–Trinajstić information content (AvgIpc) is 3.03. The first kappa shape index (κ1) is 15.6. The van der Waals surface area contributed by atoms with E-state index in [2.05, 4.69) is 11.4 Å². The maximum absolute atomic E-state index is 13.0. The van der Waals surface area contributed by atoms with Crippen molar-refractivity contribution in [2.75, 3.05) is 5.32 Å². The molecule has 5 heteroatoms. The van der Waals surface area contributed by atoms with Crippen molar-refractivity contribution in [1.29, 1.82) is 0 Å². The van der Waals surface area contributed by atoms with Gasteiger partial charge in [-0.1, -0.05) is 42.0 Å². The fraction of sp³-hybridized carbons (Fsp3) is 0.263. The molecule has 0 spiro atoms. The van der Waals surface area contributed by atoms with Gasteiger partial charge in [0.2, 0.25) is 0 Å². The van der Waals surface area contributed by atoms with E-state index >= 15 is 0 Å². The monoisotopic (exact) mass is 349 g/mol. The number of hydrogen-bond acceptors (Lipinski definition) is 1. The van der Waals surface area contributed by atoms with Gasteiger partial charge in [0.05, 0.1) is 11.6 Å². The predicted octanol–water partition coefficient (Wildman–Crippen LogP) is 6.19. The van der Waals surface area contributed by atoms with Gasteiger partial charge >= 0.3 is 6.18 Å². The third-order valence-corrected chi connectivity index (χ3v) is 5.27. The maximum atomic E-state index is 13.0. The third kappa shape index (κ3) is 2.49. The highest BCUT2D eigenvalue weighted by atomic mass is 35.5. The second-order valence-corrected chi connectivity index (χ2v) is 6.70. The Bertz CT molecular complexity index is 812. The molecule has 0 amide bonds. The number of fused-ring (bicyclic) bond motifs is 3. The summed E-state index contributed by atoms with van der Waals surface area (Å²) in [6.45, 7) is 0. The molecule has 1 aliphatic carbocycles. The molecular formula is C19H15ClF3N. The van der Waals surface area contributed by atoms with Gasteiger partial charge in [-0.3, -0.25) is 0 Å². The molecule has 1 aliphatic heterocycles. The van der Waals surface area contributed by atoms with E-state index in [1.807, 2.05) is 30.3 Å². The molecule has 1 heterocycles. The number of anilines is 1. The van der Waals surface area contributed by atoms with Crippen LogP contribution in [0.4, 0.5) is 18.9 Å². The van der Waals surface area contributed by atoms with Gasteiger partial charge in [0, 0.05) is 16.6 Å². The van der Waals surface area contributed by atoms with Crippen molar-refractivity contribution in [3.63, 3.8) is 0 Å². The lowest BCUT2D eigenvalue weighted by Gasteiger charge is -2.38. The number of benzene rings is 2. The van der Waals surface area contributed by atoms with Gasteiger partial charge in [0.1, 0.15) is 0 Å². The summed E-state index contributed by atoms with van der Waals surface area (Å²) in [7, 11) is 0. The Morgan fingerprint density at radius 2 is 1.83 bits per heavy atom. The van der Waals surface area contributed by atoms with Gasteiger partial charge in [-0.25, -0.2) is 0 Å². The fourth-order valence-electron chi connectivity index (χ4n) is 3.81. The van der Waals surface area contributed by atoms with E-state index in [9.17, 15) is 13.2 Å². The van der Waals surface area contributed by atoms with E-state index in [1.165, 1.54) is 12.1 Å². The second-order valence-electron chi connectivity index (χ2n) is 6.30. The molecule has 124 valence electrons. The summed E-state index contributed by atoms with van der Waals surface area (Å²) in [6, 6.07) is 11.6. The van der Waals surface area contributed by atoms with Crippen LogP contribution in [-0.2, 0) is 6.18 Å². The van der Waals surface area contributed by atoms with Crippen molar-refractivity contribution in [2.45, 2.75) is 24.6 Å². The predicted molar refractivity (Wildman–Crippen MR) is 89.2 cm³/mol. The Morgan fingerprint density at radius 1 is 1.04 bits per heavy atom. The Hall–Kier alpha value is -1.94. The quantitative estimate of drug-likeness (QED) is 0.606. The first-order chi connectivity index (χ1) is 11.4. The number of rotatable bonds is 1. The van der Waals surface area contributed by atoms with Crippen molar-refractivity contribution in [2.24, 2.45) is 5.92 Å². The highest BCUT2D eigenvalue weighted by Crippen LogP contribution is 2.51. The summed E-state index contributed by atoms with van der Waals surface area (Å²) in [5.74, 6) is 0.144. The maximum Gasteiger partial charge on any atom is 0.416 e. The Balaban J connectivity index is 1.79. The molecule has 4 rings (SSSR count). The summed E-state index contributed by atoms with van der Waals surface area (Å²) >= 11 is 6.35. The topological polar surface area (TPSA) is 12.0 Å². The highest BCUT2D eigenvalue weighted by molar-refractivity contribution is 6.31. The van der Waals surface area contributed by atoms with Crippen LogP contribution in [0.2, 0.25) is 5.02 Å². The lowest BCUT2D eigenvalue weighted by Crippen LogP contribution is -2.29. The lowest BCUT2D eigenvalue weighted by molar-refractivity contribution is -0.137. The van der Waals surface area contributed by atoms with E-state index < -0.39 is 11.7 Å². The van der Waals surface area contributed by atoms with Crippen LogP contribution in [-0.4, -0.2) is 0 Å². The van der Waals surface area contributed by atoms with Gasteiger partial charge in [0.25, 0.3) is 0 Å².